The van der Waals surface area contributed by atoms with Gasteiger partial charge in [-0.1, -0.05) is 44.5 Å². The molecule has 1 aromatic heterocycles. The van der Waals surface area contributed by atoms with E-state index in [4.69, 9.17) is 11.6 Å². The number of hydrogen-bond donors (Lipinski definition) is 1. The van der Waals surface area contributed by atoms with Gasteiger partial charge < -0.3 is 9.45 Å². The summed E-state index contributed by atoms with van der Waals surface area (Å²) in [5.41, 5.74) is 1.62. The molecule has 0 bridgehead atoms. The van der Waals surface area contributed by atoms with Crippen LogP contribution < -0.4 is 9.62 Å². The van der Waals surface area contributed by atoms with E-state index in [1.54, 1.807) is 23.6 Å². The minimum atomic E-state index is -1.70. The standard InChI is InChI=1S/C24H22ClN3O3S2/c1-24(2,3)15-5-7-16(8-6-15)33(31)27-19-10-9-18(25)17(14-29)22(19)23(30)28(4)20-11-12-32-21(20)13-26/h5-12,14,27H,1-4H3. The van der Waals surface area contributed by atoms with E-state index in [9.17, 15) is 19.4 Å². The van der Waals surface area contributed by atoms with E-state index in [0.29, 0.717) is 21.7 Å². The van der Waals surface area contributed by atoms with E-state index in [1.165, 1.54) is 35.4 Å². The van der Waals surface area contributed by atoms with Crippen LogP contribution in [0.4, 0.5) is 11.4 Å². The molecule has 9 heteroatoms. The molecule has 0 fully saturated rings. The van der Waals surface area contributed by atoms with Crippen molar-refractivity contribution in [2.24, 2.45) is 0 Å². The molecule has 0 aliphatic rings. The quantitative estimate of drug-likeness (QED) is 0.342. The second kappa shape index (κ2) is 9.98. The molecule has 3 aromatic rings. The van der Waals surface area contributed by atoms with Gasteiger partial charge in [0.2, 0.25) is 0 Å². The zero-order valence-electron chi connectivity index (χ0n) is 18.5. The summed E-state index contributed by atoms with van der Waals surface area (Å²) in [6.45, 7) is 6.27. The maximum atomic E-state index is 13.4. The molecule has 170 valence electrons. The molecule has 2 aromatic carbocycles. The van der Waals surface area contributed by atoms with Crippen molar-refractivity contribution in [2.45, 2.75) is 31.1 Å². The SMILES string of the molecule is CN(C(=O)c1c(N[S+]([O-])c2ccc(C(C)(C)C)cc2)ccc(Cl)c1C=O)c1ccsc1C#N. The van der Waals surface area contributed by atoms with Crippen LogP contribution in [0.25, 0.3) is 0 Å². The summed E-state index contributed by atoms with van der Waals surface area (Å²) in [7, 11) is 1.51. The molecular formula is C24H22ClN3O3S2. The first-order valence-electron chi connectivity index (χ1n) is 9.90. The molecule has 0 spiro atoms. The predicted molar refractivity (Wildman–Crippen MR) is 134 cm³/mol. The fraction of sp³-hybridized carbons (Fsp3) is 0.208. The molecule has 1 atom stereocenters. The van der Waals surface area contributed by atoms with Crippen molar-refractivity contribution in [2.75, 3.05) is 16.7 Å². The Kier molecular flexibility index (Phi) is 7.50. The molecule has 0 saturated carbocycles. The maximum absolute atomic E-state index is 13.4. The van der Waals surface area contributed by atoms with E-state index < -0.39 is 17.3 Å². The number of hydrogen-bond acceptors (Lipinski definition) is 6. The van der Waals surface area contributed by atoms with Crippen LogP contribution in [0, 0.1) is 11.3 Å². The Bertz CT molecular complexity index is 1230. The topological polar surface area (TPSA) is 96.3 Å². The number of halogens is 1. The van der Waals surface area contributed by atoms with Crippen molar-refractivity contribution in [3.05, 3.63) is 74.4 Å². The van der Waals surface area contributed by atoms with Crippen LogP contribution in [0.5, 0.6) is 0 Å². The number of thiophene rings is 1. The Balaban J connectivity index is 1.99. The zero-order valence-corrected chi connectivity index (χ0v) is 20.9. The highest BCUT2D eigenvalue weighted by atomic mass is 35.5. The molecule has 0 aliphatic heterocycles. The maximum Gasteiger partial charge on any atom is 0.261 e. The van der Waals surface area contributed by atoms with Gasteiger partial charge in [0.1, 0.15) is 22.3 Å². The van der Waals surface area contributed by atoms with Gasteiger partial charge in [0.25, 0.3) is 5.91 Å². The summed E-state index contributed by atoms with van der Waals surface area (Å²) >= 11 is 5.70. The molecule has 0 saturated heterocycles. The van der Waals surface area contributed by atoms with Crippen molar-refractivity contribution >= 4 is 57.9 Å². The van der Waals surface area contributed by atoms with E-state index >= 15 is 0 Å². The third-order valence-corrected chi connectivity index (χ3v) is 7.32. The number of carbonyl (C=O) groups excluding carboxylic acids is 2. The van der Waals surface area contributed by atoms with Gasteiger partial charge in [0.05, 0.1) is 22.0 Å². The van der Waals surface area contributed by atoms with Gasteiger partial charge in [0, 0.05) is 12.6 Å². The van der Waals surface area contributed by atoms with Crippen molar-refractivity contribution in [1.82, 2.24) is 0 Å². The van der Waals surface area contributed by atoms with Gasteiger partial charge in [-0.25, -0.2) is 4.72 Å². The second-order valence-electron chi connectivity index (χ2n) is 8.26. The molecule has 1 amide bonds. The summed E-state index contributed by atoms with van der Waals surface area (Å²) in [6, 6.07) is 14.0. The fourth-order valence-corrected chi connectivity index (χ4v) is 4.97. The molecule has 0 radical (unpaired) electrons. The Morgan fingerprint density at radius 1 is 1.21 bits per heavy atom. The van der Waals surface area contributed by atoms with Gasteiger partial charge in [-0.3, -0.25) is 9.59 Å². The largest absolute Gasteiger partial charge is 0.588 e. The van der Waals surface area contributed by atoms with Gasteiger partial charge >= 0.3 is 0 Å². The number of nitriles is 1. The summed E-state index contributed by atoms with van der Waals surface area (Å²) in [5, 5.41) is 11.1. The van der Waals surface area contributed by atoms with Crippen molar-refractivity contribution in [1.29, 1.82) is 5.26 Å². The highest BCUT2D eigenvalue weighted by Crippen LogP contribution is 2.32. The van der Waals surface area contributed by atoms with Crippen molar-refractivity contribution in [3.63, 3.8) is 0 Å². The fourth-order valence-electron chi connectivity index (χ4n) is 3.19. The second-order valence-corrected chi connectivity index (χ2v) is 10.8. The van der Waals surface area contributed by atoms with Crippen LogP contribution in [-0.2, 0) is 16.8 Å². The number of benzene rings is 2. The average molecular weight is 500 g/mol. The third kappa shape index (κ3) is 5.23. The molecule has 33 heavy (non-hydrogen) atoms. The van der Waals surface area contributed by atoms with Crippen LogP contribution in [0.3, 0.4) is 0 Å². The molecule has 1 N–H and O–H groups in total. The molecule has 6 nitrogen and oxygen atoms in total. The average Bonchev–Trinajstić information content (AvgIpc) is 3.27. The summed E-state index contributed by atoms with van der Waals surface area (Å²) in [6.07, 6.45) is 0.494. The smallest absolute Gasteiger partial charge is 0.261 e. The number of rotatable bonds is 6. The van der Waals surface area contributed by atoms with Gasteiger partial charge in [-0.15, -0.1) is 11.3 Å². The Morgan fingerprint density at radius 3 is 2.45 bits per heavy atom. The minimum Gasteiger partial charge on any atom is -0.588 e. The van der Waals surface area contributed by atoms with Crippen LogP contribution in [-0.4, -0.2) is 23.8 Å². The van der Waals surface area contributed by atoms with Crippen LogP contribution in [0.15, 0.2) is 52.7 Å². The van der Waals surface area contributed by atoms with E-state index in [1.807, 2.05) is 12.1 Å². The number of aldehydes is 1. The van der Waals surface area contributed by atoms with Crippen molar-refractivity contribution in [3.8, 4) is 6.07 Å². The number of anilines is 2. The van der Waals surface area contributed by atoms with Gasteiger partial charge in [0.15, 0.2) is 11.2 Å². The number of nitrogens with one attached hydrogen (secondary N) is 1. The molecule has 1 unspecified atom stereocenters. The summed E-state index contributed by atoms with van der Waals surface area (Å²) < 4.78 is 15.9. The number of nitrogens with zero attached hydrogens (tertiary/aromatic N) is 2. The Morgan fingerprint density at radius 2 is 1.88 bits per heavy atom. The first-order valence-corrected chi connectivity index (χ1v) is 12.3. The number of carbonyl (C=O) groups is 2. The van der Waals surface area contributed by atoms with Crippen molar-refractivity contribution < 1.29 is 14.1 Å². The highest BCUT2D eigenvalue weighted by molar-refractivity contribution is 7.92. The lowest BCUT2D eigenvalue weighted by molar-refractivity contribution is 0.0987. The highest BCUT2D eigenvalue weighted by Gasteiger charge is 2.27. The third-order valence-electron chi connectivity index (χ3n) is 5.07. The van der Waals surface area contributed by atoms with Crippen LogP contribution in [0.2, 0.25) is 5.02 Å². The van der Waals surface area contributed by atoms with E-state index in [2.05, 4.69) is 31.6 Å². The lowest BCUT2D eigenvalue weighted by Gasteiger charge is -2.22. The monoisotopic (exact) mass is 499 g/mol. The Hall–Kier alpha value is -2.83. The lowest BCUT2D eigenvalue weighted by Crippen LogP contribution is -2.29. The Labute approximate surface area is 205 Å². The molecule has 3 rings (SSSR count). The number of amides is 1. The first kappa shape index (κ1) is 24.8. The molecule has 1 heterocycles. The summed E-state index contributed by atoms with van der Waals surface area (Å²) in [5.74, 6) is -0.558. The lowest BCUT2D eigenvalue weighted by atomic mass is 9.87. The molecule has 0 aliphatic carbocycles. The van der Waals surface area contributed by atoms with Crippen LogP contribution >= 0.6 is 22.9 Å². The predicted octanol–water partition coefficient (Wildman–Crippen LogP) is 5.79. The van der Waals surface area contributed by atoms with Gasteiger partial charge in [-0.2, -0.15) is 5.26 Å². The zero-order chi connectivity index (χ0) is 24.3. The minimum absolute atomic E-state index is 0.0187. The first-order chi connectivity index (χ1) is 15.6. The summed E-state index contributed by atoms with van der Waals surface area (Å²) in [4.78, 5) is 27.4. The van der Waals surface area contributed by atoms with Gasteiger partial charge in [-0.05, 0) is 46.7 Å². The van der Waals surface area contributed by atoms with E-state index in [-0.39, 0.29) is 27.3 Å². The van der Waals surface area contributed by atoms with Crippen LogP contribution in [0.1, 0.15) is 51.9 Å². The van der Waals surface area contributed by atoms with E-state index in [0.717, 1.165) is 5.56 Å². The normalized spacial score (nSPS) is 12.0. The molecular weight excluding hydrogens is 478 g/mol.